The average molecular weight is 458 g/mol. The Balaban J connectivity index is 1.70. The standard InChI is InChI=1S/C27H24ClN3O2/c1-16-8-10-18(11-9-16)24-15-23(30-31(24)17(2)32)26-25(19-6-4-3-5-7-19)21-14-20(28)12-13-22(21)29-27(26)33/h3-14,23-24,30H,15H2,1-2H3,(H,29,33). The van der Waals surface area contributed by atoms with Gasteiger partial charge in [0.15, 0.2) is 0 Å². The van der Waals surface area contributed by atoms with E-state index in [1.807, 2.05) is 73.7 Å². The van der Waals surface area contributed by atoms with Crippen molar-refractivity contribution in [2.24, 2.45) is 0 Å². The second-order valence-corrected chi connectivity index (χ2v) is 8.97. The van der Waals surface area contributed by atoms with Crippen LogP contribution in [0.2, 0.25) is 5.02 Å². The third-order valence-electron chi connectivity index (χ3n) is 6.29. The van der Waals surface area contributed by atoms with E-state index < -0.39 is 0 Å². The second kappa shape index (κ2) is 8.50. The first-order chi connectivity index (χ1) is 15.9. The maximum absolute atomic E-state index is 13.4. The number of H-pyrrole nitrogens is 1. The van der Waals surface area contributed by atoms with Crippen LogP contribution in [0, 0.1) is 6.92 Å². The molecule has 1 aliphatic rings. The van der Waals surface area contributed by atoms with Crippen LogP contribution in [0.25, 0.3) is 22.0 Å². The Morgan fingerprint density at radius 2 is 1.76 bits per heavy atom. The monoisotopic (exact) mass is 457 g/mol. The lowest BCUT2D eigenvalue weighted by atomic mass is 9.90. The summed E-state index contributed by atoms with van der Waals surface area (Å²) >= 11 is 6.35. The number of fused-ring (bicyclic) bond motifs is 1. The van der Waals surface area contributed by atoms with E-state index in [1.54, 1.807) is 18.0 Å². The minimum absolute atomic E-state index is 0.0930. The number of benzene rings is 3. The van der Waals surface area contributed by atoms with Crippen molar-refractivity contribution in [3.8, 4) is 11.1 Å². The number of nitrogens with zero attached hydrogens (tertiary/aromatic N) is 1. The van der Waals surface area contributed by atoms with Gasteiger partial charge in [-0.25, -0.2) is 5.43 Å². The molecular formula is C27H24ClN3O2. The molecule has 1 amide bonds. The van der Waals surface area contributed by atoms with Crippen molar-refractivity contribution >= 4 is 28.4 Å². The van der Waals surface area contributed by atoms with Crippen LogP contribution in [-0.4, -0.2) is 15.9 Å². The number of carbonyl (C=O) groups is 1. The van der Waals surface area contributed by atoms with E-state index in [0.717, 1.165) is 33.2 Å². The highest BCUT2D eigenvalue weighted by molar-refractivity contribution is 6.31. The van der Waals surface area contributed by atoms with E-state index >= 15 is 0 Å². The number of aryl methyl sites for hydroxylation is 1. The van der Waals surface area contributed by atoms with Gasteiger partial charge in [-0.1, -0.05) is 71.8 Å². The summed E-state index contributed by atoms with van der Waals surface area (Å²) in [7, 11) is 0. The minimum atomic E-state index is -0.345. The molecule has 166 valence electrons. The van der Waals surface area contributed by atoms with Gasteiger partial charge in [-0.2, -0.15) is 0 Å². The van der Waals surface area contributed by atoms with Crippen LogP contribution < -0.4 is 11.0 Å². The minimum Gasteiger partial charge on any atom is -0.322 e. The molecule has 6 heteroatoms. The van der Waals surface area contributed by atoms with Gasteiger partial charge in [-0.05, 0) is 42.7 Å². The molecule has 0 spiro atoms. The molecule has 2 N–H and O–H groups in total. The first-order valence-corrected chi connectivity index (χ1v) is 11.3. The van der Waals surface area contributed by atoms with Gasteiger partial charge in [0.1, 0.15) is 0 Å². The fraction of sp³-hybridized carbons (Fsp3) is 0.185. The zero-order chi connectivity index (χ0) is 23.1. The summed E-state index contributed by atoms with van der Waals surface area (Å²) in [6.07, 6.45) is 0.581. The fourth-order valence-corrected chi connectivity index (χ4v) is 4.91. The van der Waals surface area contributed by atoms with Gasteiger partial charge in [0.2, 0.25) is 5.91 Å². The first-order valence-electron chi connectivity index (χ1n) is 11.0. The Morgan fingerprint density at radius 1 is 1.03 bits per heavy atom. The van der Waals surface area contributed by atoms with Gasteiger partial charge in [-0.3, -0.25) is 14.6 Å². The molecule has 5 rings (SSSR count). The summed E-state index contributed by atoms with van der Waals surface area (Å²) in [5, 5.41) is 3.12. The normalized spacial score (nSPS) is 18.1. The maximum Gasteiger partial charge on any atom is 0.253 e. The van der Waals surface area contributed by atoms with Gasteiger partial charge in [0.05, 0.1) is 12.1 Å². The molecule has 1 fully saturated rings. The van der Waals surface area contributed by atoms with E-state index in [4.69, 9.17) is 11.6 Å². The van der Waals surface area contributed by atoms with Crippen molar-refractivity contribution in [1.29, 1.82) is 0 Å². The van der Waals surface area contributed by atoms with Crippen molar-refractivity contribution in [1.82, 2.24) is 15.4 Å². The Hall–Kier alpha value is -3.41. The molecule has 5 nitrogen and oxygen atoms in total. The molecule has 2 heterocycles. The molecule has 2 atom stereocenters. The fourth-order valence-electron chi connectivity index (χ4n) is 4.73. The van der Waals surface area contributed by atoms with E-state index in [2.05, 4.69) is 10.4 Å². The molecule has 0 saturated carbocycles. The van der Waals surface area contributed by atoms with Crippen molar-refractivity contribution in [3.63, 3.8) is 0 Å². The summed E-state index contributed by atoms with van der Waals surface area (Å²) in [6, 6.07) is 23.0. The Labute approximate surface area is 197 Å². The Kier molecular flexibility index (Phi) is 5.52. The molecular weight excluding hydrogens is 434 g/mol. The predicted octanol–water partition coefficient (Wildman–Crippen LogP) is 5.70. The van der Waals surface area contributed by atoms with Crippen LogP contribution >= 0.6 is 11.6 Å². The quantitative estimate of drug-likeness (QED) is 0.415. The lowest BCUT2D eigenvalue weighted by Gasteiger charge is -2.23. The Bertz CT molecular complexity index is 1400. The lowest BCUT2D eigenvalue weighted by molar-refractivity contribution is -0.132. The van der Waals surface area contributed by atoms with Gasteiger partial charge < -0.3 is 4.98 Å². The third-order valence-corrected chi connectivity index (χ3v) is 6.53. The van der Waals surface area contributed by atoms with E-state index in [1.165, 1.54) is 0 Å². The summed E-state index contributed by atoms with van der Waals surface area (Å²) in [5.41, 5.74) is 8.45. The van der Waals surface area contributed by atoms with Crippen molar-refractivity contribution in [2.45, 2.75) is 32.4 Å². The highest BCUT2D eigenvalue weighted by Crippen LogP contribution is 2.41. The topological polar surface area (TPSA) is 65.2 Å². The summed E-state index contributed by atoms with van der Waals surface area (Å²) in [4.78, 5) is 29.0. The number of halogens is 1. The highest BCUT2D eigenvalue weighted by atomic mass is 35.5. The van der Waals surface area contributed by atoms with Gasteiger partial charge in [-0.15, -0.1) is 0 Å². The number of hydrogen-bond donors (Lipinski definition) is 2. The van der Waals surface area contributed by atoms with E-state index in [-0.39, 0.29) is 23.6 Å². The van der Waals surface area contributed by atoms with Crippen molar-refractivity contribution in [2.75, 3.05) is 0 Å². The molecule has 0 aliphatic carbocycles. The second-order valence-electron chi connectivity index (χ2n) is 8.53. The number of rotatable bonds is 3. The van der Waals surface area contributed by atoms with Crippen LogP contribution in [0.4, 0.5) is 0 Å². The van der Waals surface area contributed by atoms with Crippen LogP contribution in [0.15, 0.2) is 77.6 Å². The molecule has 1 aromatic heterocycles. The number of nitrogens with one attached hydrogen (secondary N) is 2. The number of aromatic nitrogens is 1. The molecule has 33 heavy (non-hydrogen) atoms. The van der Waals surface area contributed by atoms with Crippen LogP contribution in [0.1, 0.15) is 42.1 Å². The zero-order valence-electron chi connectivity index (χ0n) is 18.4. The number of aromatic amines is 1. The van der Waals surface area contributed by atoms with Gasteiger partial charge >= 0.3 is 0 Å². The van der Waals surface area contributed by atoms with Crippen LogP contribution in [0.5, 0.6) is 0 Å². The lowest BCUT2D eigenvalue weighted by Crippen LogP contribution is -2.38. The number of pyridine rings is 1. The molecule has 3 aromatic carbocycles. The molecule has 0 bridgehead atoms. The highest BCUT2D eigenvalue weighted by Gasteiger charge is 2.38. The number of carbonyl (C=O) groups excluding carboxylic acids is 1. The molecule has 1 aliphatic heterocycles. The third kappa shape index (κ3) is 3.94. The molecule has 1 saturated heterocycles. The van der Waals surface area contributed by atoms with Gasteiger partial charge in [0.25, 0.3) is 5.56 Å². The van der Waals surface area contributed by atoms with E-state index in [9.17, 15) is 9.59 Å². The number of hydrazine groups is 1. The summed E-state index contributed by atoms with van der Waals surface area (Å²) in [6.45, 7) is 3.58. The maximum atomic E-state index is 13.4. The SMILES string of the molecule is CC(=O)N1NC(c2c(-c3ccccc3)c3cc(Cl)ccc3[nH]c2=O)CC1c1ccc(C)cc1. The van der Waals surface area contributed by atoms with Gasteiger partial charge in [0, 0.05) is 34.0 Å². The van der Waals surface area contributed by atoms with Crippen LogP contribution in [0.3, 0.4) is 0 Å². The largest absolute Gasteiger partial charge is 0.322 e. The predicted molar refractivity (Wildman–Crippen MR) is 132 cm³/mol. The van der Waals surface area contributed by atoms with Crippen molar-refractivity contribution < 1.29 is 4.79 Å². The summed E-state index contributed by atoms with van der Waals surface area (Å²) < 4.78 is 0. The molecule has 4 aromatic rings. The Morgan fingerprint density at radius 3 is 2.45 bits per heavy atom. The zero-order valence-corrected chi connectivity index (χ0v) is 19.2. The number of amides is 1. The smallest absolute Gasteiger partial charge is 0.253 e. The van der Waals surface area contributed by atoms with Crippen LogP contribution in [-0.2, 0) is 4.79 Å². The van der Waals surface area contributed by atoms with Crippen molar-refractivity contribution in [3.05, 3.63) is 105 Å². The molecule has 2 unspecified atom stereocenters. The number of hydrogen-bond acceptors (Lipinski definition) is 3. The first kappa shape index (κ1) is 21.4. The molecule has 0 radical (unpaired) electrons. The average Bonchev–Trinajstić information content (AvgIpc) is 3.25. The summed E-state index contributed by atoms with van der Waals surface area (Å²) in [5.74, 6) is -0.0930. The van der Waals surface area contributed by atoms with E-state index in [0.29, 0.717) is 17.0 Å².